The van der Waals surface area contributed by atoms with Crippen LogP contribution in [0.25, 0.3) is 6.08 Å². The standard InChI is InChI=1S/C23H19N3O5/c1-15(19-8-5-11-29-19)25-26-23(28)18(24-22(27)17-6-3-2-4-7-17)12-16-9-10-20-21(13-16)31-14-30-20/h2-13H,14H2,1H3,(H,24,27)(H,26,28)/b18-12+,25-15+. The average Bonchev–Trinajstić information content (AvgIpc) is 3.49. The van der Waals surface area contributed by atoms with E-state index in [0.29, 0.717) is 34.1 Å². The molecule has 8 heteroatoms. The first-order chi connectivity index (χ1) is 15.1. The maximum Gasteiger partial charge on any atom is 0.287 e. The molecule has 0 fully saturated rings. The topological polar surface area (TPSA) is 102 Å². The van der Waals surface area contributed by atoms with E-state index in [4.69, 9.17) is 13.9 Å². The fourth-order valence-electron chi connectivity index (χ4n) is 2.85. The summed E-state index contributed by atoms with van der Waals surface area (Å²) in [7, 11) is 0. The van der Waals surface area contributed by atoms with Crippen LogP contribution in [0.1, 0.15) is 28.6 Å². The second-order valence-corrected chi connectivity index (χ2v) is 6.61. The Labute approximate surface area is 178 Å². The molecule has 156 valence electrons. The molecule has 0 unspecified atom stereocenters. The Morgan fingerprint density at radius 2 is 1.81 bits per heavy atom. The number of carbonyl (C=O) groups excluding carboxylic acids is 2. The van der Waals surface area contributed by atoms with Gasteiger partial charge in [0.1, 0.15) is 17.2 Å². The van der Waals surface area contributed by atoms with Gasteiger partial charge in [0.2, 0.25) is 6.79 Å². The number of hydrogen-bond acceptors (Lipinski definition) is 6. The minimum Gasteiger partial charge on any atom is -0.463 e. The van der Waals surface area contributed by atoms with Crippen LogP contribution in [-0.4, -0.2) is 24.3 Å². The molecule has 31 heavy (non-hydrogen) atoms. The molecule has 3 aromatic rings. The molecule has 2 aromatic carbocycles. The zero-order valence-corrected chi connectivity index (χ0v) is 16.6. The monoisotopic (exact) mass is 417 g/mol. The Kier molecular flexibility index (Phi) is 5.79. The van der Waals surface area contributed by atoms with Gasteiger partial charge in [0.15, 0.2) is 11.5 Å². The van der Waals surface area contributed by atoms with Crippen LogP contribution in [-0.2, 0) is 4.79 Å². The van der Waals surface area contributed by atoms with E-state index in [1.807, 2.05) is 0 Å². The van der Waals surface area contributed by atoms with Gasteiger partial charge in [-0.1, -0.05) is 24.3 Å². The zero-order chi connectivity index (χ0) is 21.6. The molecule has 2 N–H and O–H groups in total. The fraction of sp³-hybridized carbons (Fsp3) is 0.0870. The van der Waals surface area contributed by atoms with Crippen molar-refractivity contribution < 1.29 is 23.5 Å². The van der Waals surface area contributed by atoms with Crippen molar-refractivity contribution in [2.45, 2.75) is 6.92 Å². The number of nitrogens with one attached hydrogen (secondary N) is 2. The lowest BCUT2D eigenvalue weighted by molar-refractivity contribution is -0.117. The van der Waals surface area contributed by atoms with Gasteiger partial charge in [-0.25, -0.2) is 5.43 Å². The zero-order valence-electron chi connectivity index (χ0n) is 16.6. The van der Waals surface area contributed by atoms with Crippen molar-refractivity contribution in [2.24, 2.45) is 5.10 Å². The van der Waals surface area contributed by atoms with Crippen molar-refractivity contribution in [3.63, 3.8) is 0 Å². The second-order valence-electron chi connectivity index (χ2n) is 6.61. The average molecular weight is 417 g/mol. The molecule has 4 rings (SSSR count). The number of fused-ring (bicyclic) bond motifs is 1. The van der Waals surface area contributed by atoms with Gasteiger partial charge in [-0.3, -0.25) is 9.59 Å². The molecular formula is C23H19N3O5. The van der Waals surface area contributed by atoms with Gasteiger partial charge in [-0.2, -0.15) is 5.10 Å². The highest BCUT2D eigenvalue weighted by Crippen LogP contribution is 2.33. The van der Waals surface area contributed by atoms with Crippen LogP contribution in [0.3, 0.4) is 0 Å². The summed E-state index contributed by atoms with van der Waals surface area (Å²) in [5, 5.41) is 6.71. The van der Waals surface area contributed by atoms with Crippen LogP contribution in [0.15, 0.2) is 82.1 Å². The molecule has 2 heterocycles. The Morgan fingerprint density at radius 1 is 1.00 bits per heavy atom. The number of hydrogen-bond donors (Lipinski definition) is 2. The molecule has 0 saturated carbocycles. The fourth-order valence-corrected chi connectivity index (χ4v) is 2.85. The first-order valence-corrected chi connectivity index (χ1v) is 9.46. The molecule has 0 saturated heterocycles. The van der Waals surface area contributed by atoms with Gasteiger partial charge in [0.05, 0.1) is 6.26 Å². The molecule has 0 radical (unpaired) electrons. The third kappa shape index (κ3) is 4.81. The number of hydrazone groups is 1. The van der Waals surface area contributed by atoms with Crippen molar-refractivity contribution in [1.29, 1.82) is 0 Å². The summed E-state index contributed by atoms with van der Waals surface area (Å²) in [5.41, 5.74) is 4.02. The van der Waals surface area contributed by atoms with Crippen LogP contribution in [0.5, 0.6) is 11.5 Å². The molecular weight excluding hydrogens is 398 g/mol. The minimum atomic E-state index is -0.590. The normalized spacial score (nSPS) is 13.1. The molecule has 0 bridgehead atoms. The highest BCUT2D eigenvalue weighted by atomic mass is 16.7. The van der Waals surface area contributed by atoms with Crippen molar-refractivity contribution in [2.75, 3.05) is 6.79 Å². The highest BCUT2D eigenvalue weighted by Gasteiger charge is 2.17. The van der Waals surface area contributed by atoms with Gasteiger partial charge in [0.25, 0.3) is 11.8 Å². The summed E-state index contributed by atoms with van der Waals surface area (Å²) in [4.78, 5) is 25.5. The number of rotatable bonds is 6. The van der Waals surface area contributed by atoms with E-state index >= 15 is 0 Å². The van der Waals surface area contributed by atoms with E-state index < -0.39 is 11.8 Å². The quantitative estimate of drug-likeness (QED) is 0.364. The lowest BCUT2D eigenvalue weighted by Gasteiger charge is -2.10. The molecule has 0 aliphatic carbocycles. The Hall–Kier alpha value is -4.33. The third-order valence-corrected chi connectivity index (χ3v) is 4.44. The van der Waals surface area contributed by atoms with Crippen molar-refractivity contribution in [3.05, 3.63) is 89.5 Å². The predicted octanol–water partition coefficient (Wildman–Crippen LogP) is 3.32. The van der Waals surface area contributed by atoms with Gasteiger partial charge < -0.3 is 19.2 Å². The van der Waals surface area contributed by atoms with Crippen LogP contribution in [0.2, 0.25) is 0 Å². The molecule has 1 aliphatic rings. The van der Waals surface area contributed by atoms with Crippen LogP contribution >= 0.6 is 0 Å². The third-order valence-electron chi connectivity index (χ3n) is 4.44. The number of carbonyl (C=O) groups is 2. The Bertz CT molecular complexity index is 1150. The molecule has 1 aliphatic heterocycles. The van der Waals surface area contributed by atoms with E-state index in [0.717, 1.165) is 0 Å². The maximum absolute atomic E-state index is 12.8. The van der Waals surface area contributed by atoms with Crippen molar-refractivity contribution >= 4 is 23.6 Å². The highest BCUT2D eigenvalue weighted by molar-refractivity contribution is 6.06. The number of amides is 2. The summed E-state index contributed by atoms with van der Waals surface area (Å²) in [6.45, 7) is 1.84. The number of furan rings is 1. The maximum atomic E-state index is 12.8. The van der Waals surface area contributed by atoms with Crippen LogP contribution in [0, 0.1) is 0 Å². The van der Waals surface area contributed by atoms with E-state index in [1.54, 1.807) is 67.6 Å². The molecule has 1 aromatic heterocycles. The predicted molar refractivity (Wildman–Crippen MR) is 114 cm³/mol. The summed E-state index contributed by atoms with van der Waals surface area (Å²) in [5.74, 6) is 0.696. The SMILES string of the molecule is C/C(=N\NC(=O)/C(=C\c1ccc2c(c1)OCO2)NC(=O)c1ccccc1)c1ccco1. The molecule has 0 spiro atoms. The second kappa shape index (κ2) is 9.00. The lowest BCUT2D eigenvalue weighted by atomic mass is 10.1. The van der Waals surface area contributed by atoms with Crippen LogP contribution < -0.4 is 20.2 Å². The number of benzene rings is 2. The van der Waals surface area contributed by atoms with Crippen molar-refractivity contribution in [1.82, 2.24) is 10.7 Å². The Balaban J connectivity index is 1.59. The van der Waals surface area contributed by atoms with E-state index in [9.17, 15) is 9.59 Å². The van der Waals surface area contributed by atoms with E-state index in [2.05, 4.69) is 15.8 Å². The first-order valence-electron chi connectivity index (χ1n) is 9.46. The summed E-state index contributed by atoms with van der Waals surface area (Å²) >= 11 is 0. The first kappa shape index (κ1) is 20.0. The summed E-state index contributed by atoms with van der Waals surface area (Å²) in [6.07, 6.45) is 3.05. The molecule has 2 amide bonds. The largest absolute Gasteiger partial charge is 0.463 e. The molecule has 8 nitrogen and oxygen atoms in total. The smallest absolute Gasteiger partial charge is 0.287 e. The van der Waals surface area contributed by atoms with E-state index in [1.165, 1.54) is 12.3 Å². The van der Waals surface area contributed by atoms with Crippen LogP contribution in [0.4, 0.5) is 0 Å². The van der Waals surface area contributed by atoms with Gasteiger partial charge in [-0.15, -0.1) is 0 Å². The van der Waals surface area contributed by atoms with Crippen molar-refractivity contribution in [3.8, 4) is 11.5 Å². The minimum absolute atomic E-state index is 0.0173. The number of ether oxygens (including phenoxy) is 2. The van der Waals surface area contributed by atoms with Gasteiger partial charge in [0, 0.05) is 5.56 Å². The lowest BCUT2D eigenvalue weighted by Crippen LogP contribution is -2.33. The Morgan fingerprint density at radius 3 is 2.58 bits per heavy atom. The van der Waals surface area contributed by atoms with Gasteiger partial charge in [-0.05, 0) is 55.0 Å². The van der Waals surface area contributed by atoms with E-state index in [-0.39, 0.29) is 12.5 Å². The molecule has 0 atom stereocenters. The summed E-state index contributed by atoms with van der Waals surface area (Å²) in [6, 6.07) is 17.3. The number of nitrogens with zero attached hydrogens (tertiary/aromatic N) is 1. The summed E-state index contributed by atoms with van der Waals surface area (Å²) < 4.78 is 15.9. The van der Waals surface area contributed by atoms with Gasteiger partial charge >= 0.3 is 0 Å².